The second-order valence-electron chi connectivity index (χ2n) is 5.87. The molecule has 2 heterocycles. The minimum Gasteiger partial charge on any atom is -0.462 e. The zero-order valence-electron chi connectivity index (χ0n) is 13.9. The molecule has 134 valence electrons. The van der Waals surface area contributed by atoms with Crippen LogP contribution in [0.15, 0.2) is 18.2 Å². The van der Waals surface area contributed by atoms with Crippen LogP contribution in [0.4, 0.5) is 18.9 Å². The fourth-order valence-electron chi connectivity index (χ4n) is 3.17. The number of carbonyl (C=O) groups is 1. The van der Waals surface area contributed by atoms with Crippen molar-refractivity contribution in [2.24, 2.45) is 0 Å². The molecule has 1 aliphatic heterocycles. The van der Waals surface area contributed by atoms with Crippen LogP contribution in [0.2, 0.25) is 0 Å². The summed E-state index contributed by atoms with van der Waals surface area (Å²) in [5.41, 5.74) is 0.604. The second kappa shape index (κ2) is 6.42. The lowest BCUT2D eigenvalue weighted by atomic mass is 9.93. The van der Waals surface area contributed by atoms with Crippen molar-refractivity contribution >= 4 is 11.7 Å². The van der Waals surface area contributed by atoms with E-state index in [1.54, 1.807) is 19.1 Å². The molecule has 0 unspecified atom stereocenters. The Morgan fingerprint density at radius 3 is 2.84 bits per heavy atom. The monoisotopic (exact) mass is 353 g/mol. The van der Waals surface area contributed by atoms with Gasteiger partial charge in [-0.15, -0.1) is 0 Å². The van der Waals surface area contributed by atoms with E-state index in [9.17, 15) is 18.0 Å². The molecular weight excluding hydrogens is 335 g/mol. The molecule has 2 aromatic rings. The van der Waals surface area contributed by atoms with E-state index in [-0.39, 0.29) is 12.3 Å². The highest BCUT2D eigenvalue weighted by Crippen LogP contribution is 2.39. The largest absolute Gasteiger partial charge is 0.462 e. The van der Waals surface area contributed by atoms with E-state index in [0.29, 0.717) is 12.0 Å². The van der Waals surface area contributed by atoms with Crippen molar-refractivity contribution in [3.8, 4) is 11.3 Å². The number of benzene rings is 1. The SMILES string of the molecule is CCOC(=O)c1c(-c2cccc3c2CCCN3C)n[nH]c1C(F)(F)F. The number of carbonyl (C=O) groups excluding carboxylic acids is 1. The summed E-state index contributed by atoms with van der Waals surface area (Å²) in [6.07, 6.45) is -3.13. The number of rotatable bonds is 3. The molecule has 0 spiro atoms. The number of alkyl halides is 3. The maximum Gasteiger partial charge on any atom is 0.433 e. The molecule has 0 amide bonds. The number of hydrogen-bond acceptors (Lipinski definition) is 4. The van der Waals surface area contributed by atoms with Crippen molar-refractivity contribution in [3.63, 3.8) is 0 Å². The smallest absolute Gasteiger partial charge is 0.433 e. The van der Waals surface area contributed by atoms with Crippen molar-refractivity contribution < 1.29 is 22.7 Å². The van der Waals surface area contributed by atoms with E-state index in [0.717, 1.165) is 24.2 Å². The van der Waals surface area contributed by atoms with Crippen molar-refractivity contribution in [1.82, 2.24) is 10.2 Å². The van der Waals surface area contributed by atoms with Crippen LogP contribution in [0, 0.1) is 0 Å². The molecule has 0 aliphatic carbocycles. The summed E-state index contributed by atoms with van der Waals surface area (Å²) in [6, 6.07) is 5.36. The van der Waals surface area contributed by atoms with Gasteiger partial charge in [-0.3, -0.25) is 5.10 Å². The molecule has 0 saturated carbocycles. The number of halogens is 3. The molecule has 3 rings (SSSR count). The van der Waals surface area contributed by atoms with Gasteiger partial charge >= 0.3 is 12.1 Å². The van der Waals surface area contributed by atoms with Crippen LogP contribution >= 0.6 is 0 Å². The quantitative estimate of drug-likeness (QED) is 0.856. The Morgan fingerprint density at radius 1 is 1.40 bits per heavy atom. The normalized spacial score (nSPS) is 14.4. The highest BCUT2D eigenvalue weighted by atomic mass is 19.4. The van der Waals surface area contributed by atoms with Crippen molar-refractivity contribution in [2.45, 2.75) is 25.9 Å². The number of H-pyrrole nitrogens is 1. The Balaban J connectivity index is 2.20. The van der Waals surface area contributed by atoms with Gasteiger partial charge in [0.25, 0.3) is 0 Å². The number of nitrogens with one attached hydrogen (secondary N) is 1. The molecule has 1 aliphatic rings. The highest BCUT2D eigenvalue weighted by Gasteiger charge is 2.41. The summed E-state index contributed by atoms with van der Waals surface area (Å²) < 4.78 is 44.7. The Kier molecular flexibility index (Phi) is 4.45. The summed E-state index contributed by atoms with van der Waals surface area (Å²) in [4.78, 5) is 14.3. The molecule has 8 heteroatoms. The van der Waals surface area contributed by atoms with Gasteiger partial charge in [-0.25, -0.2) is 4.79 Å². The number of aromatic nitrogens is 2. The molecule has 0 bridgehead atoms. The van der Waals surface area contributed by atoms with Gasteiger partial charge in [0.2, 0.25) is 0 Å². The Bertz CT molecular complexity index is 799. The maximum absolute atomic E-state index is 13.3. The lowest BCUT2D eigenvalue weighted by molar-refractivity contribution is -0.141. The Labute approximate surface area is 142 Å². The molecule has 25 heavy (non-hydrogen) atoms. The summed E-state index contributed by atoms with van der Waals surface area (Å²) >= 11 is 0. The van der Waals surface area contributed by atoms with Gasteiger partial charge in [0.1, 0.15) is 11.3 Å². The third kappa shape index (κ3) is 3.08. The van der Waals surface area contributed by atoms with E-state index in [1.165, 1.54) is 0 Å². The van der Waals surface area contributed by atoms with Crippen molar-refractivity contribution in [1.29, 1.82) is 0 Å². The van der Waals surface area contributed by atoms with Crippen LogP contribution in [0.3, 0.4) is 0 Å². The minimum absolute atomic E-state index is 0.0158. The topological polar surface area (TPSA) is 58.2 Å². The number of nitrogens with zero attached hydrogens (tertiary/aromatic N) is 2. The summed E-state index contributed by atoms with van der Waals surface area (Å²) in [5, 5.41) is 5.81. The summed E-state index contributed by atoms with van der Waals surface area (Å²) in [7, 11) is 1.93. The van der Waals surface area contributed by atoms with Crippen LogP contribution < -0.4 is 4.90 Å². The third-order valence-electron chi connectivity index (χ3n) is 4.27. The number of aromatic amines is 1. The molecule has 1 N–H and O–H groups in total. The van der Waals surface area contributed by atoms with Crippen molar-refractivity contribution in [2.75, 3.05) is 25.1 Å². The van der Waals surface area contributed by atoms with Gasteiger partial charge in [0.05, 0.1) is 6.61 Å². The number of fused-ring (bicyclic) bond motifs is 1. The minimum atomic E-state index is -4.72. The summed E-state index contributed by atoms with van der Waals surface area (Å²) in [6.45, 7) is 2.40. The van der Waals surface area contributed by atoms with Gasteiger partial charge in [-0.1, -0.05) is 12.1 Å². The lowest BCUT2D eigenvalue weighted by Gasteiger charge is -2.29. The second-order valence-corrected chi connectivity index (χ2v) is 5.87. The van der Waals surface area contributed by atoms with Crippen LogP contribution in [0.5, 0.6) is 0 Å². The van der Waals surface area contributed by atoms with Gasteiger partial charge in [-0.2, -0.15) is 18.3 Å². The van der Waals surface area contributed by atoms with Crippen molar-refractivity contribution in [3.05, 3.63) is 35.0 Å². The third-order valence-corrected chi connectivity index (χ3v) is 4.27. The zero-order chi connectivity index (χ0) is 18.2. The predicted octanol–water partition coefficient (Wildman–Crippen LogP) is 3.65. The van der Waals surface area contributed by atoms with Crippen LogP contribution in [-0.2, 0) is 17.3 Å². The van der Waals surface area contributed by atoms with Gasteiger partial charge in [0, 0.05) is 24.8 Å². The fourth-order valence-corrected chi connectivity index (χ4v) is 3.17. The highest BCUT2D eigenvalue weighted by molar-refractivity contribution is 5.98. The molecule has 0 radical (unpaired) electrons. The van der Waals surface area contributed by atoms with Crippen LogP contribution in [0.1, 0.15) is 35.0 Å². The van der Waals surface area contributed by atoms with Crippen LogP contribution in [-0.4, -0.2) is 36.4 Å². The maximum atomic E-state index is 13.3. The van der Waals surface area contributed by atoms with Gasteiger partial charge in [0.15, 0.2) is 5.69 Å². The molecule has 0 fully saturated rings. The molecular formula is C17H18F3N3O2. The van der Waals surface area contributed by atoms with E-state index in [2.05, 4.69) is 5.10 Å². The predicted molar refractivity (Wildman–Crippen MR) is 86.6 cm³/mol. The first-order chi connectivity index (χ1) is 11.8. The molecule has 1 aromatic carbocycles. The fraction of sp³-hybridized carbons (Fsp3) is 0.412. The van der Waals surface area contributed by atoms with E-state index < -0.39 is 23.4 Å². The first-order valence-electron chi connectivity index (χ1n) is 8.00. The Hall–Kier alpha value is -2.51. The lowest BCUT2D eigenvalue weighted by Crippen LogP contribution is -2.25. The number of ether oxygens (including phenoxy) is 1. The summed E-state index contributed by atoms with van der Waals surface area (Å²) in [5.74, 6) is -1.03. The first-order valence-corrected chi connectivity index (χ1v) is 8.00. The van der Waals surface area contributed by atoms with Gasteiger partial charge < -0.3 is 9.64 Å². The molecule has 5 nitrogen and oxygen atoms in total. The van der Waals surface area contributed by atoms with E-state index in [4.69, 9.17) is 4.74 Å². The zero-order valence-corrected chi connectivity index (χ0v) is 13.9. The Morgan fingerprint density at radius 2 is 2.16 bits per heavy atom. The molecule has 0 saturated heterocycles. The van der Waals surface area contributed by atoms with E-state index >= 15 is 0 Å². The first kappa shape index (κ1) is 17.3. The molecule has 0 atom stereocenters. The van der Waals surface area contributed by atoms with E-state index in [1.807, 2.05) is 23.1 Å². The number of hydrogen-bond donors (Lipinski definition) is 1. The average molecular weight is 353 g/mol. The molecule has 1 aromatic heterocycles. The average Bonchev–Trinajstić information content (AvgIpc) is 3.00. The number of esters is 1. The standard InChI is InChI=1S/C17H18F3N3O2/c1-3-25-16(24)13-14(21-22-15(13)17(18,19)20)11-6-4-8-12-10(11)7-5-9-23(12)2/h4,6,8H,3,5,7,9H2,1-2H3,(H,21,22). The number of anilines is 1. The van der Waals surface area contributed by atoms with Gasteiger partial charge in [-0.05, 0) is 31.4 Å². The van der Waals surface area contributed by atoms with Crippen LogP contribution in [0.25, 0.3) is 11.3 Å².